The zero-order chi connectivity index (χ0) is 16.7. The molecule has 0 bridgehead atoms. The summed E-state index contributed by atoms with van der Waals surface area (Å²) in [5, 5.41) is 0. The Morgan fingerprint density at radius 3 is 2.22 bits per heavy atom. The van der Waals surface area contributed by atoms with Crippen LogP contribution in [-0.2, 0) is 15.9 Å². The number of halogens is 1. The van der Waals surface area contributed by atoms with Crippen molar-refractivity contribution < 1.29 is 13.7 Å². The molecule has 3 nitrogen and oxygen atoms in total. The van der Waals surface area contributed by atoms with Gasteiger partial charge in [0.1, 0.15) is 5.82 Å². The van der Waals surface area contributed by atoms with Crippen molar-refractivity contribution in [1.29, 1.82) is 0 Å². The lowest BCUT2D eigenvalue weighted by molar-refractivity contribution is 0.00578. The van der Waals surface area contributed by atoms with Gasteiger partial charge in [-0.3, -0.25) is 4.90 Å². The summed E-state index contributed by atoms with van der Waals surface area (Å²) in [5.41, 5.74) is 0.706. The second-order valence-corrected chi connectivity index (χ2v) is 7.78. The Bertz CT molecular complexity index is 554. The molecule has 2 saturated heterocycles. The predicted octanol–water partition coefficient (Wildman–Crippen LogP) is 3.11. The minimum absolute atomic E-state index is 0.164. The Labute approximate surface area is 139 Å². The number of piperidine rings is 1. The predicted molar refractivity (Wildman–Crippen MR) is 91.2 cm³/mol. The maximum Gasteiger partial charge on any atom is 0.494 e. The molecule has 2 aliphatic heterocycles. The summed E-state index contributed by atoms with van der Waals surface area (Å²) in [6.07, 6.45) is 3.72. The van der Waals surface area contributed by atoms with Gasteiger partial charge in [-0.2, -0.15) is 0 Å². The lowest BCUT2D eigenvalue weighted by Crippen LogP contribution is -2.41. The highest BCUT2D eigenvalue weighted by atomic mass is 19.1. The van der Waals surface area contributed by atoms with E-state index in [9.17, 15) is 4.39 Å². The van der Waals surface area contributed by atoms with Gasteiger partial charge in [0.15, 0.2) is 0 Å². The van der Waals surface area contributed by atoms with E-state index in [1.807, 2.05) is 39.8 Å². The molecule has 0 N–H and O–H groups in total. The molecule has 2 aliphatic rings. The van der Waals surface area contributed by atoms with E-state index in [1.54, 1.807) is 6.07 Å². The van der Waals surface area contributed by atoms with Crippen LogP contribution in [0.4, 0.5) is 4.39 Å². The smallest absolute Gasteiger partial charge is 0.399 e. The first kappa shape index (κ1) is 16.9. The summed E-state index contributed by atoms with van der Waals surface area (Å²) in [4.78, 5) is 2.33. The fourth-order valence-corrected chi connectivity index (χ4v) is 3.18. The molecule has 0 aromatic heterocycles. The molecule has 3 rings (SSSR count). The van der Waals surface area contributed by atoms with Crippen LogP contribution in [0.15, 0.2) is 18.2 Å². The van der Waals surface area contributed by atoms with Crippen molar-refractivity contribution in [1.82, 2.24) is 4.90 Å². The van der Waals surface area contributed by atoms with Crippen molar-refractivity contribution in [2.24, 2.45) is 0 Å². The number of nitrogens with zero attached hydrogens (tertiary/aromatic N) is 1. The normalized spacial score (nSPS) is 24.1. The minimum atomic E-state index is -0.501. The number of benzene rings is 1. The Morgan fingerprint density at radius 2 is 1.65 bits per heavy atom. The molecule has 0 amide bonds. The Balaban J connectivity index is 1.72. The molecule has 0 unspecified atom stereocenters. The van der Waals surface area contributed by atoms with Gasteiger partial charge in [-0.1, -0.05) is 18.6 Å². The molecule has 23 heavy (non-hydrogen) atoms. The maximum absolute atomic E-state index is 14.5. The summed E-state index contributed by atoms with van der Waals surface area (Å²) in [6, 6.07) is 5.39. The van der Waals surface area contributed by atoms with Crippen molar-refractivity contribution in [2.75, 3.05) is 13.1 Å². The monoisotopic (exact) mass is 319 g/mol. The Kier molecular flexibility index (Phi) is 4.56. The molecular formula is C18H27BFNO2. The van der Waals surface area contributed by atoms with E-state index in [0.717, 1.165) is 24.1 Å². The van der Waals surface area contributed by atoms with Gasteiger partial charge in [-0.15, -0.1) is 0 Å². The molecule has 0 radical (unpaired) electrons. The number of rotatable bonds is 3. The highest BCUT2D eigenvalue weighted by Gasteiger charge is 2.51. The van der Waals surface area contributed by atoms with Crippen LogP contribution in [0.1, 0.15) is 52.5 Å². The van der Waals surface area contributed by atoms with E-state index in [4.69, 9.17) is 9.31 Å². The molecule has 1 aromatic rings. The molecule has 0 saturated carbocycles. The van der Waals surface area contributed by atoms with Crippen LogP contribution in [0.2, 0.25) is 0 Å². The third-order valence-electron chi connectivity index (χ3n) is 5.45. The van der Waals surface area contributed by atoms with Gasteiger partial charge in [-0.25, -0.2) is 4.39 Å². The van der Waals surface area contributed by atoms with E-state index in [0.29, 0.717) is 6.54 Å². The standard InChI is InChI=1S/C18H27BFNO2/c1-17(2)18(3,4)23-19(22-17)15-9-8-14(16(20)12-15)13-21-10-6-5-7-11-21/h8-9,12H,5-7,10-11,13H2,1-4H3. The van der Waals surface area contributed by atoms with Crippen LogP contribution in [0.25, 0.3) is 0 Å². The first-order valence-corrected chi connectivity index (χ1v) is 8.65. The largest absolute Gasteiger partial charge is 0.494 e. The van der Waals surface area contributed by atoms with Crippen LogP contribution in [0.3, 0.4) is 0 Å². The van der Waals surface area contributed by atoms with Crippen LogP contribution in [0, 0.1) is 5.82 Å². The average Bonchev–Trinajstić information content (AvgIpc) is 2.71. The van der Waals surface area contributed by atoms with Gasteiger partial charge in [0.05, 0.1) is 11.2 Å². The molecular weight excluding hydrogens is 292 g/mol. The van der Waals surface area contributed by atoms with E-state index in [2.05, 4.69) is 4.90 Å². The van der Waals surface area contributed by atoms with Crippen LogP contribution in [-0.4, -0.2) is 36.3 Å². The van der Waals surface area contributed by atoms with Crippen molar-refractivity contribution in [3.05, 3.63) is 29.6 Å². The number of hydrogen-bond acceptors (Lipinski definition) is 3. The molecule has 0 spiro atoms. The molecule has 2 heterocycles. The summed E-state index contributed by atoms with van der Waals surface area (Å²) in [6.45, 7) is 10.9. The van der Waals surface area contributed by atoms with Gasteiger partial charge in [0.2, 0.25) is 0 Å². The fourth-order valence-electron chi connectivity index (χ4n) is 3.18. The first-order valence-electron chi connectivity index (χ1n) is 8.65. The Hall–Kier alpha value is -0.905. The quantitative estimate of drug-likeness (QED) is 0.799. The second-order valence-electron chi connectivity index (χ2n) is 7.78. The SMILES string of the molecule is CC1(C)OB(c2ccc(CN3CCCCC3)c(F)c2)OC1(C)C. The lowest BCUT2D eigenvalue weighted by atomic mass is 9.78. The molecule has 126 valence electrons. The summed E-state index contributed by atoms with van der Waals surface area (Å²) in [5.74, 6) is -0.164. The molecule has 0 aliphatic carbocycles. The highest BCUT2D eigenvalue weighted by molar-refractivity contribution is 6.62. The van der Waals surface area contributed by atoms with Gasteiger partial charge >= 0.3 is 7.12 Å². The minimum Gasteiger partial charge on any atom is -0.399 e. The summed E-state index contributed by atoms with van der Waals surface area (Å²) >= 11 is 0. The lowest BCUT2D eigenvalue weighted by Gasteiger charge is -2.32. The van der Waals surface area contributed by atoms with E-state index < -0.39 is 18.3 Å². The van der Waals surface area contributed by atoms with E-state index in [-0.39, 0.29) is 5.82 Å². The van der Waals surface area contributed by atoms with Crippen molar-refractivity contribution >= 4 is 12.6 Å². The average molecular weight is 319 g/mol. The van der Waals surface area contributed by atoms with Crippen molar-refractivity contribution in [2.45, 2.75) is 64.7 Å². The molecule has 5 heteroatoms. The van der Waals surface area contributed by atoms with Gasteiger partial charge in [0, 0.05) is 12.1 Å². The van der Waals surface area contributed by atoms with Gasteiger partial charge in [-0.05, 0) is 65.2 Å². The third-order valence-corrected chi connectivity index (χ3v) is 5.45. The zero-order valence-corrected chi connectivity index (χ0v) is 14.7. The van der Waals surface area contributed by atoms with Crippen LogP contribution >= 0.6 is 0 Å². The first-order chi connectivity index (χ1) is 10.8. The van der Waals surface area contributed by atoms with E-state index >= 15 is 0 Å². The van der Waals surface area contributed by atoms with Crippen LogP contribution < -0.4 is 5.46 Å². The van der Waals surface area contributed by atoms with Crippen molar-refractivity contribution in [3.63, 3.8) is 0 Å². The van der Waals surface area contributed by atoms with Gasteiger partial charge < -0.3 is 9.31 Å². The third kappa shape index (κ3) is 3.47. The zero-order valence-electron chi connectivity index (χ0n) is 14.7. The topological polar surface area (TPSA) is 21.7 Å². The summed E-state index contributed by atoms with van der Waals surface area (Å²) in [7, 11) is -0.501. The van der Waals surface area contributed by atoms with Crippen molar-refractivity contribution in [3.8, 4) is 0 Å². The maximum atomic E-state index is 14.5. The van der Waals surface area contributed by atoms with Crippen LogP contribution in [0.5, 0.6) is 0 Å². The second kappa shape index (κ2) is 6.19. The van der Waals surface area contributed by atoms with E-state index in [1.165, 1.54) is 19.3 Å². The number of hydrogen-bond donors (Lipinski definition) is 0. The molecule has 2 fully saturated rings. The summed E-state index contributed by atoms with van der Waals surface area (Å²) < 4.78 is 26.5. The number of likely N-dealkylation sites (tertiary alicyclic amines) is 1. The Morgan fingerprint density at radius 1 is 1.04 bits per heavy atom. The molecule has 1 aromatic carbocycles. The fraction of sp³-hybridized carbons (Fsp3) is 0.667. The molecule has 0 atom stereocenters. The van der Waals surface area contributed by atoms with Gasteiger partial charge in [0.25, 0.3) is 0 Å². The highest BCUT2D eigenvalue weighted by Crippen LogP contribution is 2.36.